The van der Waals surface area contributed by atoms with E-state index < -0.39 is 0 Å². The molecule has 1 aromatic heterocycles. The van der Waals surface area contributed by atoms with Crippen molar-refractivity contribution in [2.45, 2.75) is 26.3 Å². The van der Waals surface area contributed by atoms with Crippen LogP contribution in [0.5, 0.6) is 0 Å². The van der Waals surface area contributed by atoms with E-state index in [2.05, 4.69) is 10.1 Å². The normalized spacial score (nSPS) is 9.91. The van der Waals surface area contributed by atoms with Crippen LogP contribution in [0.2, 0.25) is 0 Å². The molecular weight excluding hydrogens is 142 g/mol. The Morgan fingerprint density at radius 1 is 1.73 bits per heavy atom. The van der Waals surface area contributed by atoms with Gasteiger partial charge in [-0.05, 0) is 6.92 Å². The molecule has 0 aliphatic heterocycles. The van der Waals surface area contributed by atoms with E-state index in [1.807, 2.05) is 6.92 Å². The molecule has 0 aliphatic carbocycles. The second-order valence-corrected chi connectivity index (χ2v) is 2.20. The lowest BCUT2D eigenvalue weighted by molar-refractivity contribution is -0.107. The lowest BCUT2D eigenvalue weighted by atomic mass is 10.3. The minimum atomic E-state index is 0.526. The average molecular weight is 153 g/mol. The number of rotatable bonds is 4. The molecule has 4 heteroatoms. The summed E-state index contributed by atoms with van der Waals surface area (Å²) in [7, 11) is 0. The number of hydrogen-bond donors (Lipinski definition) is 0. The number of aldehydes is 1. The quantitative estimate of drug-likeness (QED) is 0.589. The van der Waals surface area contributed by atoms with Crippen molar-refractivity contribution in [3.8, 4) is 0 Å². The first-order valence-electron chi connectivity index (χ1n) is 3.68. The van der Waals surface area contributed by atoms with Crippen molar-refractivity contribution in [2.75, 3.05) is 0 Å². The van der Waals surface area contributed by atoms with E-state index in [-0.39, 0.29) is 0 Å². The van der Waals surface area contributed by atoms with Crippen LogP contribution in [-0.2, 0) is 17.8 Å². The first-order valence-corrected chi connectivity index (χ1v) is 3.68. The fourth-order valence-corrected chi connectivity index (χ4v) is 0.934. The van der Waals surface area contributed by atoms with Gasteiger partial charge in [-0.1, -0.05) is 0 Å². The molecule has 0 unspecified atom stereocenters. The maximum atomic E-state index is 10.0. The largest absolute Gasteiger partial charge is 0.303 e. The van der Waals surface area contributed by atoms with Crippen LogP contribution < -0.4 is 0 Å². The molecule has 0 N–H and O–H groups in total. The second kappa shape index (κ2) is 3.85. The van der Waals surface area contributed by atoms with Gasteiger partial charge in [0, 0.05) is 19.4 Å². The molecule has 0 saturated carbocycles. The minimum absolute atomic E-state index is 0.526. The number of hydrogen-bond acceptors (Lipinski definition) is 3. The first kappa shape index (κ1) is 7.91. The highest BCUT2D eigenvalue weighted by Crippen LogP contribution is 1.96. The lowest BCUT2D eigenvalue weighted by Gasteiger charge is -1.98. The SMILES string of the molecule is CCn1ncnc1CCC=O. The van der Waals surface area contributed by atoms with Crippen molar-refractivity contribution < 1.29 is 4.79 Å². The highest BCUT2D eigenvalue weighted by Gasteiger charge is 1.99. The summed E-state index contributed by atoms with van der Waals surface area (Å²) < 4.78 is 1.80. The van der Waals surface area contributed by atoms with Crippen molar-refractivity contribution in [1.82, 2.24) is 14.8 Å². The number of nitrogens with zero attached hydrogens (tertiary/aromatic N) is 3. The topological polar surface area (TPSA) is 47.8 Å². The summed E-state index contributed by atoms with van der Waals surface area (Å²) in [5.74, 6) is 0.889. The Morgan fingerprint density at radius 3 is 3.18 bits per heavy atom. The summed E-state index contributed by atoms with van der Waals surface area (Å²) in [5, 5.41) is 3.98. The molecule has 0 amide bonds. The fraction of sp³-hybridized carbons (Fsp3) is 0.571. The third-order valence-corrected chi connectivity index (χ3v) is 1.48. The molecular formula is C7H11N3O. The third kappa shape index (κ3) is 1.86. The Morgan fingerprint density at radius 2 is 2.55 bits per heavy atom. The zero-order valence-corrected chi connectivity index (χ0v) is 6.53. The van der Waals surface area contributed by atoms with Gasteiger partial charge in [0.2, 0.25) is 0 Å². The Bertz CT molecular complexity index is 231. The summed E-state index contributed by atoms with van der Waals surface area (Å²) in [5.41, 5.74) is 0. The van der Waals surface area contributed by atoms with E-state index in [0.29, 0.717) is 12.8 Å². The van der Waals surface area contributed by atoms with Gasteiger partial charge in [-0.25, -0.2) is 4.98 Å². The smallest absolute Gasteiger partial charge is 0.138 e. The van der Waals surface area contributed by atoms with Gasteiger partial charge < -0.3 is 4.79 Å². The molecule has 0 bridgehead atoms. The van der Waals surface area contributed by atoms with Gasteiger partial charge in [-0.2, -0.15) is 5.10 Å². The van der Waals surface area contributed by atoms with Gasteiger partial charge in [0.1, 0.15) is 18.4 Å². The van der Waals surface area contributed by atoms with Gasteiger partial charge in [-0.15, -0.1) is 0 Å². The predicted molar refractivity (Wildman–Crippen MR) is 40.1 cm³/mol. The molecule has 0 aromatic carbocycles. The molecule has 11 heavy (non-hydrogen) atoms. The monoisotopic (exact) mass is 153 g/mol. The molecule has 0 radical (unpaired) electrons. The zero-order chi connectivity index (χ0) is 8.10. The second-order valence-electron chi connectivity index (χ2n) is 2.20. The Balaban J connectivity index is 2.60. The van der Waals surface area contributed by atoms with Crippen LogP contribution in [0.25, 0.3) is 0 Å². The van der Waals surface area contributed by atoms with Gasteiger partial charge in [-0.3, -0.25) is 4.68 Å². The number of aromatic nitrogens is 3. The van der Waals surface area contributed by atoms with Crippen molar-refractivity contribution in [3.63, 3.8) is 0 Å². The number of carbonyl (C=O) groups excluding carboxylic acids is 1. The molecule has 60 valence electrons. The van der Waals surface area contributed by atoms with E-state index in [4.69, 9.17) is 0 Å². The summed E-state index contributed by atoms with van der Waals surface area (Å²) >= 11 is 0. The maximum absolute atomic E-state index is 10.0. The summed E-state index contributed by atoms with van der Waals surface area (Å²) in [6.45, 7) is 2.81. The van der Waals surface area contributed by atoms with Crippen LogP contribution in [-0.4, -0.2) is 21.1 Å². The maximum Gasteiger partial charge on any atom is 0.138 e. The van der Waals surface area contributed by atoms with Crippen molar-refractivity contribution in [1.29, 1.82) is 0 Å². The summed E-state index contributed by atoms with van der Waals surface area (Å²) in [4.78, 5) is 14.1. The molecule has 0 aliphatic rings. The van der Waals surface area contributed by atoms with Gasteiger partial charge in [0.05, 0.1) is 0 Å². The lowest BCUT2D eigenvalue weighted by Crippen LogP contribution is -2.03. The standard InChI is InChI=1S/C7H11N3O/c1-2-10-7(4-3-5-11)8-6-9-10/h5-6H,2-4H2,1H3. The molecule has 1 heterocycles. The van der Waals surface area contributed by atoms with Gasteiger partial charge in [0.25, 0.3) is 0 Å². The Labute approximate surface area is 65.2 Å². The van der Waals surface area contributed by atoms with Crippen LogP contribution in [0.3, 0.4) is 0 Å². The van der Waals surface area contributed by atoms with Crippen molar-refractivity contribution in [2.24, 2.45) is 0 Å². The minimum Gasteiger partial charge on any atom is -0.303 e. The van der Waals surface area contributed by atoms with E-state index in [9.17, 15) is 4.79 Å². The highest BCUT2D eigenvalue weighted by molar-refractivity contribution is 5.49. The van der Waals surface area contributed by atoms with Crippen molar-refractivity contribution >= 4 is 6.29 Å². The highest BCUT2D eigenvalue weighted by atomic mass is 16.1. The van der Waals surface area contributed by atoms with E-state index in [1.165, 1.54) is 6.33 Å². The van der Waals surface area contributed by atoms with Gasteiger partial charge >= 0.3 is 0 Å². The molecule has 4 nitrogen and oxygen atoms in total. The van der Waals surface area contributed by atoms with Crippen LogP contribution in [0.4, 0.5) is 0 Å². The third-order valence-electron chi connectivity index (χ3n) is 1.48. The molecule has 0 saturated heterocycles. The van der Waals surface area contributed by atoms with E-state index in [1.54, 1.807) is 4.68 Å². The van der Waals surface area contributed by atoms with Crippen LogP contribution in [0.1, 0.15) is 19.2 Å². The Hall–Kier alpha value is -1.19. The van der Waals surface area contributed by atoms with Crippen LogP contribution in [0, 0.1) is 0 Å². The van der Waals surface area contributed by atoms with E-state index in [0.717, 1.165) is 18.7 Å². The van der Waals surface area contributed by atoms with Gasteiger partial charge in [0.15, 0.2) is 0 Å². The molecule has 0 fully saturated rings. The van der Waals surface area contributed by atoms with Crippen LogP contribution in [0.15, 0.2) is 6.33 Å². The first-order chi connectivity index (χ1) is 5.38. The van der Waals surface area contributed by atoms with Crippen molar-refractivity contribution in [3.05, 3.63) is 12.2 Å². The molecule has 0 spiro atoms. The Kier molecular flexibility index (Phi) is 2.77. The summed E-state index contributed by atoms with van der Waals surface area (Å²) in [6, 6.07) is 0. The van der Waals surface area contributed by atoms with E-state index >= 15 is 0 Å². The number of aryl methyl sites for hydroxylation is 2. The fourth-order valence-electron chi connectivity index (χ4n) is 0.934. The average Bonchev–Trinajstić information content (AvgIpc) is 2.47. The van der Waals surface area contributed by atoms with Crippen LogP contribution >= 0.6 is 0 Å². The predicted octanol–water partition coefficient (Wildman–Crippen LogP) is 0.429. The zero-order valence-electron chi connectivity index (χ0n) is 6.53. The molecule has 1 aromatic rings. The molecule has 0 atom stereocenters. The number of carbonyl (C=O) groups is 1. The molecule has 1 rings (SSSR count). The summed E-state index contributed by atoms with van der Waals surface area (Å²) in [6.07, 6.45) is 3.63.